The maximum absolute atomic E-state index is 10.0. The van der Waals surface area contributed by atoms with Crippen molar-refractivity contribution in [2.24, 2.45) is 11.8 Å². The molecule has 0 fully saturated rings. The smallest absolute Gasteiger partial charge is 0.153 e. The summed E-state index contributed by atoms with van der Waals surface area (Å²) in [6.45, 7) is 9.40. The van der Waals surface area contributed by atoms with Gasteiger partial charge < -0.3 is 15.2 Å². The van der Waals surface area contributed by atoms with Crippen molar-refractivity contribution in [1.82, 2.24) is 0 Å². The van der Waals surface area contributed by atoms with E-state index >= 15 is 0 Å². The Morgan fingerprint density at radius 2 is 1.38 bits per heavy atom. The van der Waals surface area contributed by atoms with E-state index in [-0.39, 0.29) is 11.1 Å². The third-order valence-corrected chi connectivity index (χ3v) is 6.88. The first-order chi connectivity index (χ1) is 15.3. The van der Waals surface area contributed by atoms with Crippen molar-refractivity contribution in [2.45, 2.75) is 55.2 Å². The minimum atomic E-state index is 0.214. The van der Waals surface area contributed by atoms with Gasteiger partial charge in [0.15, 0.2) is 11.5 Å². The third kappa shape index (κ3) is 6.51. The van der Waals surface area contributed by atoms with Crippen LogP contribution in [0, 0.1) is 34.5 Å². The van der Waals surface area contributed by atoms with E-state index in [0.717, 1.165) is 27.5 Å². The number of thioether (sulfide) groups is 1. The largest absolute Gasteiger partial charge is 0.491 e. The highest BCUT2D eigenvalue weighted by Crippen LogP contribution is 2.50. The van der Waals surface area contributed by atoms with Gasteiger partial charge in [0.05, 0.1) is 23.0 Å². The highest BCUT2D eigenvalue weighted by atomic mass is 32.2. The number of hydrogen-bond acceptors (Lipinski definition) is 7. The summed E-state index contributed by atoms with van der Waals surface area (Å²) in [4.78, 5) is 2.41. The number of rotatable bonds is 11. The molecule has 0 aliphatic heterocycles. The van der Waals surface area contributed by atoms with Crippen LogP contribution in [0.25, 0.3) is 0 Å². The minimum absolute atomic E-state index is 0.214. The zero-order chi connectivity index (χ0) is 23.7. The normalized spacial score (nSPS) is 10.8. The molecule has 0 amide bonds. The van der Waals surface area contributed by atoms with Gasteiger partial charge in [-0.3, -0.25) is 0 Å². The van der Waals surface area contributed by atoms with E-state index in [0.29, 0.717) is 42.2 Å². The Labute approximate surface area is 200 Å². The predicted molar refractivity (Wildman–Crippen MR) is 133 cm³/mol. The molecule has 0 heterocycles. The molecule has 2 N–H and O–H groups in total. The van der Waals surface area contributed by atoms with Crippen molar-refractivity contribution in [3.8, 4) is 23.6 Å². The van der Waals surface area contributed by atoms with Crippen LogP contribution in [0.5, 0.6) is 11.5 Å². The molecule has 5 nitrogen and oxygen atoms in total. The number of nitrogens with zero attached hydrogens (tertiary/aromatic N) is 2. The maximum Gasteiger partial charge on any atom is 0.153 e. The number of hydrogen-bond donors (Lipinski definition) is 1. The van der Waals surface area contributed by atoms with Crippen LogP contribution < -0.4 is 15.2 Å². The Morgan fingerprint density at radius 3 is 1.81 bits per heavy atom. The van der Waals surface area contributed by atoms with Crippen molar-refractivity contribution in [1.29, 1.82) is 10.5 Å². The van der Waals surface area contributed by atoms with E-state index in [2.05, 4.69) is 39.8 Å². The number of nitrogens with two attached hydrogens (primary N) is 1. The Morgan fingerprint density at radius 1 is 0.875 bits per heavy atom. The number of ether oxygens (including phenoxy) is 2. The SMILES string of the molecule is CSc1c(OCCC(C)C)c(C#N)c(C#N)c(OCCC(C)C)c1Sc1ccccc1N. The van der Waals surface area contributed by atoms with E-state index in [9.17, 15) is 10.5 Å². The van der Waals surface area contributed by atoms with E-state index < -0.39 is 0 Å². The maximum atomic E-state index is 10.0. The summed E-state index contributed by atoms with van der Waals surface area (Å²) >= 11 is 2.92. The molecule has 32 heavy (non-hydrogen) atoms. The Bertz CT molecular complexity index is 1010. The average Bonchev–Trinajstić information content (AvgIpc) is 2.75. The second kappa shape index (κ2) is 12.5. The van der Waals surface area contributed by atoms with E-state index in [1.54, 1.807) is 0 Å². The van der Waals surface area contributed by atoms with Gasteiger partial charge in [0, 0.05) is 10.6 Å². The molecule has 0 spiro atoms. The lowest BCUT2D eigenvalue weighted by Crippen LogP contribution is -2.09. The fourth-order valence-corrected chi connectivity index (χ4v) is 4.90. The monoisotopic (exact) mass is 469 g/mol. The predicted octanol–water partition coefficient (Wildman–Crippen LogP) is 6.74. The summed E-state index contributed by atoms with van der Waals surface area (Å²) in [5.41, 5.74) is 7.29. The second-order valence-electron chi connectivity index (χ2n) is 8.20. The Balaban J connectivity index is 2.69. The van der Waals surface area contributed by atoms with Crippen LogP contribution in [0.2, 0.25) is 0 Å². The van der Waals surface area contributed by atoms with Crippen LogP contribution >= 0.6 is 23.5 Å². The molecule has 0 aliphatic carbocycles. The third-order valence-electron chi connectivity index (χ3n) is 4.76. The van der Waals surface area contributed by atoms with Crippen LogP contribution in [-0.2, 0) is 0 Å². The first-order valence-corrected chi connectivity index (χ1v) is 12.7. The molecular weight excluding hydrogens is 438 g/mol. The first kappa shape index (κ1) is 25.8. The summed E-state index contributed by atoms with van der Waals surface area (Å²) < 4.78 is 12.3. The van der Waals surface area contributed by atoms with Gasteiger partial charge in [-0.05, 0) is 43.1 Å². The van der Waals surface area contributed by atoms with Gasteiger partial charge in [-0.2, -0.15) is 10.5 Å². The van der Waals surface area contributed by atoms with Gasteiger partial charge in [-0.25, -0.2) is 0 Å². The Hall–Kier alpha value is -2.48. The minimum Gasteiger partial charge on any atom is -0.491 e. The molecule has 0 saturated heterocycles. The molecule has 0 unspecified atom stereocenters. The van der Waals surface area contributed by atoms with Crippen LogP contribution in [0.3, 0.4) is 0 Å². The number of anilines is 1. The molecule has 170 valence electrons. The summed E-state index contributed by atoms with van der Waals surface area (Å²) in [7, 11) is 0. The van der Waals surface area contributed by atoms with Gasteiger partial charge in [0.2, 0.25) is 0 Å². The number of benzene rings is 2. The molecule has 0 atom stereocenters. The summed E-state index contributed by atoms with van der Waals surface area (Å²) in [5, 5.41) is 20.0. The van der Waals surface area contributed by atoms with Gasteiger partial charge in [0.25, 0.3) is 0 Å². The van der Waals surface area contributed by atoms with Gasteiger partial charge in [0.1, 0.15) is 23.3 Å². The molecule has 0 radical (unpaired) electrons. The van der Waals surface area contributed by atoms with Gasteiger partial charge >= 0.3 is 0 Å². The van der Waals surface area contributed by atoms with Gasteiger partial charge in [-0.15, -0.1) is 11.8 Å². The highest BCUT2D eigenvalue weighted by molar-refractivity contribution is 8.02. The lowest BCUT2D eigenvalue weighted by Gasteiger charge is -2.22. The first-order valence-electron chi connectivity index (χ1n) is 10.7. The summed E-state index contributed by atoms with van der Waals surface area (Å²) in [6, 6.07) is 12.0. The Kier molecular flexibility index (Phi) is 10.1. The standard InChI is InChI=1S/C25H31N3O2S2/c1-16(2)10-12-29-22-18(14-26)19(15-27)23(30-13-11-17(3)4)25(24(22)31-5)32-21-9-7-6-8-20(21)28/h6-9,16-17H,10-13,28H2,1-5H3. The number of nitriles is 2. The quantitative estimate of drug-likeness (QED) is 0.288. The van der Waals surface area contributed by atoms with Crippen LogP contribution in [0.4, 0.5) is 5.69 Å². The van der Waals surface area contributed by atoms with E-state index in [4.69, 9.17) is 15.2 Å². The van der Waals surface area contributed by atoms with E-state index in [1.165, 1.54) is 23.5 Å². The summed E-state index contributed by atoms with van der Waals surface area (Å²) in [5.74, 6) is 1.80. The topological polar surface area (TPSA) is 92.1 Å². The molecular formula is C25H31N3O2S2. The van der Waals surface area contributed by atoms with Crippen LogP contribution in [0.1, 0.15) is 51.7 Å². The number of nitrogen functional groups attached to an aromatic ring is 1. The average molecular weight is 470 g/mol. The molecule has 0 saturated carbocycles. The van der Waals surface area contributed by atoms with Crippen molar-refractivity contribution in [2.75, 3.05) is 25.2 Å². The lowest BCUT2D eigenvalue weighted by atomic mass is 10.1. The molecule has 0 aromatic heterocycles. The van der Waals surface area contributed by atoms with Gasteiger partial charge in [-0.1, -0.05) is 51.6 Å². The number of para-hydroxylation sites is 1. The molecule has 0 aliphatic rings. The van der Waals surface area contributed by atoms with Crippen molar-refractivity contribution >= 4 is 29.2 Å². The van der Waals surface area contributed by atoms with Crippen molar-refractivity contribution in [3.05, 3.63) is 35.4 Å². The van der Waals surface area contributed by atoms with Crippen LogP contribution in [-0.4, -0.2) is 19.5 Å². The molecule has 2 aromatic rings. The fourth-order valence-electron chi connectivity index (χ4n) is 2.90. The highest BCUT2D eigenvalue weighted by Gasteiger charge is 2.27. The van der Waals surface area contributed by atoms with E-state index in [1.807, 2.05) is 30.5 Å². The van der Waals surface area contributed by atoms with Crippen molar-refractivity contribution in [3.63, 3.8) is 0 Å². The zero-order valence-corrected chi connectivity index (χ0v) is 21.0. The fraction of sp³-hybridized carbons (Fsp3) is 0.440. The molecule has 0 bridgehead atoms. The second-order valence-corrected chi connectivity index (χ2v) is 10.1. The van der Waals surface area contributed by atoms with Crippen molar-refractivity contribution < 1.29 is 9.47 Å². The summed E-state index contributed by atoms with van der Waals surface area (Å²) in [6.07, 6.45) is 3.63. The molecule has 2 aromatic carbocycles. The molecule has 2 rings (SSSR count). The molecule has 7 heteroatoms. The van der Waals surface area contributed by atoms with Crippen LogP contribution in [0.15, 0.2) is 39.0 Å². The lowest BCUT2D eigenvalue weighted by molar-refractivity contribution is 0.269. The zero-order valence-electron chi connectivity index (χ0n) is 19.4.